The summed E-state index contributed by atoms with van der Waals surface area (Å²) in [7, 11) is -3.77. The van der Waals surface area contributed by atoms with Crippen LogP contribution < -0.4 is 10.0 Å². The van der Waals surface area contributed by atoms with Crippen molar-refractivity contribution in [2.45, 2.75) is 24.7 Å². The molecule has 128 valence electrons. The summed E-state index contributed by atoms with van der Waals surface area (Å²) in [6, 6.07) is 14.1. The van der Waals surface area contributed by atoms with Crippen molar-refractivity contribution in [3.05, 3.63) is 54.1 Å². The maximum Gasteiger partial charge on any atom is 0.261 e. The van der Waals surface area contributed by atoms with E-state index in [0.717, 1.165) is 12.8 Å². The van der Waals surface area contributed by atoms with Crippen LogP contribution in [0.5, 0.6) is 0 Å². The lowest BCUT2D eigenvalue weighted by Gasteiger charge is -2.12. The molecule has 0 aliphatic heterocycles. The molecule has 0 aromatic heterocycles. The molecule has 2 aromatic carbocycles. The van der Waals surface area contributed by atoms with E-state index in [0.29, 0.717) is 16.9 Å². The molecule has 0 atom stereocenters. The van der Waals surface area contributed by atoms with Gasteiger partial charge in [0.1, 0.15) is 0 Å². The number of sulfonamides is 1. The molecule has 1 fully saturated rings. The highest BCUT2D eigenvalue weighted by atomic mass is 32.2. The number of nitriles is 1. The summed E-state index contributed by atoms with van der Waals surface area (Å²) in [5.74, 6) is -0.0559. The zero-order valence-corrected chi connectivity index (χ0v) is 14.4. The summed E-state index contributed by atoms with van der Waals surface area (Å²) in [4.78, 5) is 12.2. The molecule has 2 N–H and O–H groups in total. The van der Waals surface area contributed by atoms with Gasteiger partial charge >= 0.3 is 0 Å². The third-order valence-electron chi connectivity index (χ3n) is 4.21. The van der Waals surface area contributed by atoms with Crippen molar-refractivity contribution < 1.29 is 13.2 Å². The van der Waals surface area contributed by atoms with E-state index >= 15 is 0 Å². The Morgan fingerprint density at radius 1 is 1.12 bits per heavy atom. The number of anilines is 2. The van der Waals surface area contributed by atoms with Gasteiger partial charge in [0.25, 0.3) is 10.0 Å². The monoisotopic (exact) mass is 355 g/mol. The number of rotatable bonds is 5. The molecule has 25 heavy (non-hydrogen) atoms. The Labute approximate surface area is 146 Å². The fraction of sp³-hybridized carbons (Fsp3) is 0.222. The van der Waals surface area contributed by atoms with Crippen molar-refractivity contribution in [2.24, 2.45) is 5.41 Å². The second kappa shape index (κ2) is 6.22. The van der Waals surface area contributed by atoms with Gasteiger partial charge < -0.3 is 5.32 Å². The molecule has 0 spiro atoms. The number of hydrogen-bond donors (Lipinski definition) is 2. The predicted molar refractivity (Wildman–Crippen MR) is 94.4 cm³/mol. The summed E-state index contributed by atoms with van der Waals surface area (Å²) in [5, 5.41) is 11.6. The molecule has 1 amide bonds. The van der Waals surface area contributed by atoms with Gasteiger partial charge in [-0.1, -0.05) is 13.0 Å². The third kappa shape index (κ3) is 3.80. The second-order valence-electron chi connectivity index (χ2n) is 6.34. The molecule has 0 bridgehead atoms. The van der Waals surface area contributed by atoms with Gasteiger partial charge in [0.05, 0.1) is 22.2 Å². The lowest BCUT2D eigenvalue weighted by atomic mass is 10.1. The Balaban J connectivity index is 1.76. The highest BCUT2D eigenvalue weighted by Gasteiger charge is 2.44. The van der Waals surface area contributed by atoms with Crippen LogP contribution in [0.1, 0.15) is 25.3 Å². The molecule has 0 unspecified atom stereocenters. The number of amides is 1. The van der Waals surface area contributed by atoms with E-state index < -0.39 is 10.0 Å². The number of hydrogen-bond acceptors (Lipinski definition) is 4. The van der Waals surface area contributed by atoms with Gasteiger partial charge in [-0.2, -0.15) is 5.26 Å². The number of benzene rings is 2. The van der Waals surface area contributed by atoms with Gasteiger partial charge in [-0.05, 0) is 55.3 Å². The van der Waals surface area contributed by atoms with Crippen LogP contribution in [0.3, 0.4) is 0 Å². The summed E-state index contributed by atoms with van der Waals surface area (Å²) in [6.45, 7) is 1.90. The quantitative estimate of drug-likeness (QED) is 0.861. The summed E-state index contributed by atoms with van der Waals surface area (Å²) in [5.41, 5.74) is 0.969. The van der Waals surface area contributed by atoms with Gasteiger partial charge in [0.2, 0.25) is 5.91 Å². The minimum atomic E-state index is -3.77. The molecular weight excluding hydrogens is 338 g/mol. The van der Waals surface area contributed by atoms with Crippen LogP contribution >= 0.6 is 0 Å². The van der Waals surface area contributed by atoms with E-state index in [-0.39, 0.29) is 16.2 Å². The van der Waals surface area contributed by atoms with Gasteiger partial charge in [-0.15, -0.1) is 0 Å². The van der Waals surface area contributed by atoms with Crippen LogP contribution in [0.4, 0.5) is 11.4 Å². The average Bonchev–Trinajstić information content (AvgIpc) is 3.34. The Morgan fingerprint density at radius 2 is 1.76 bits per heavy atom. The topological polar surface area (TPSA) is 99.1 Å². The number of carbonyl (C=O) groups excluding carboxylic acids is 1. The largest absolute Gasteiger partial charge is 0.326 e. The van der Waals surface area contributed by atoms with Crippen molar-refractivity contribution >= 4 is 27.3 Å². The number of nitrogens with one attached hydrogen (secondary N) is 2. The molecular formula is C18H17N3O3S. The molecule has 1 saturated carbocycles. The van der Waals surface area contributed by atoms with Crippen molar-refractivity contribution in [2.75, 3.05) is 10.0 Å². The van der Waals surface area contributed by atoms with Crippen molar-refractivity contribution in [1.82, 2.24) is 0 Å². The van der Waals surface area contributed by atoms with E-state index in [1.807, 2.05) is 13.0 Å². The summed E-state index contributed by atoms with van der Waals surface area (Å²) >= 11 is 0. The molecule has 7 heteroatoms. The van der Waals surface area contributed by atoms with Gasteiger partial charge in [-0.3, -0.25) is 9.52 Å². The lowest BCUT2D eigenvalue weighted by Crippen LogP contribution is -2.21. The fourth-order valence-corrected chi connectivity index (χ4v) is 3.33. The molecule has 6 nitrogen and oxygen atoms in total. The molecule has 0 saturated heterocycles. The minimum absolute atomic E-state index is 0.0559. The van der Waals surface area contributed by atoms with Crippen LogP contribution in [-0.4, -0.2) is 14.3 Å². The first-order chi connectivity index (χ1) is 11.8. The van der Waals surface area contributed by atoms with Crippen molar-refractivity contribution in [1.29, 1.82) is 5.26 Å². The molecule has 1 aliphatic carbocycles. The average molecular weight is 355 g/mol. The zero-order valence-electron chi connectivity index (χ0n) is 13.6. The molecule has 0 heterocycles. The Bertz CT molecular complexity index is 956. The Kier molecular flexibility index (Phi) is 4.23. The van der Waals surface area contributed by atoms with E-state index in [1.165, 1.54) is 24.3 Å². The minimum Gasteiger partial charge on any atom is -0.326 e. The Morgan fingerprint density at radius 3 is 2.36 bits per heavy atom. The first-order valence-electron chi connectivity index (χ1n) is 7.77. The third-order valence-corrected chi connectivity index (χ3v) is 5.61. The molecule has 3 rings (SSSR count). The first-order valence-corrected chi connectivity index (χ1v) is 9.25. The van der Waals surface area contributed by atoms with Crippen LogP contribution in [-0.2, 0) is 14.8 Å². The van der Waals surface area contributed by atoms with E-state index in [4.69, 9.17) is 5.26 Å². The molecule has 0 radical (unpaired) electrons. The fourth-order valence-electron chi connectivity index (χ4n) is 2.28. The zero-order chi connectivity index (χ0) is 18.1. The van der Waals surface area contributed by atoms with E-state index in [2.05, 4.69) is 10.0 Å². The van der Waals surface area contributed by atoms with Crippen LogP contribution in [0.2, 0.25) is 0 Å². The van der Waals surface area contributed by atoms with E-state index in [9.17, 15) is 13.2 Å². The van der Waals surface area contributed by atoms with Crippen molar-refractivity contribution in [3.8, 4) is 6.07 Å². The number of nitrogens with zero attached hydrogens (tertiary/aromatic N) is 1. The molecule has 1 aliphatic rings. The first kappa shape index (κ1) is 17.0. The summed E-state index contributed by atoms with van der Waals surface area (Å²) < 4.78 is 27.3. The predicted octanol–water partition coefficient (Wildman–Crippen LogP) is 3.10. The number of carbonyl (C=O) groups is 1. The highest BCUT2D eigenvalue weighted by molar-refractivity contribution is 7.92. The van der Waals surface area contributed by atoms with Gasteiger partial charge in [-0.25, -0.2) is 8.42 Å². The van der Waals surface area contributed by atoms with Gasteiger partial charge in [0.15, 0.2) is 0 Å². The Hall–Kier alpha value is -2.85. The molecule has 2 aromatic rings. The maximum absolute atomic E-state index is 12.4. The van der Waals surface area contributed by atoms with Crippen LogP contribution in [0, 0.1) is 16.7 Å². The van der Waals surface area contributed by atoms with E-state index in [1.54, 1.807) is 24.3 Å². The van der Waals surface area contributed by atoms with Gasteiger partial charge in [0, 0.05) is 11.1 Å². The normalized spacial score (nSPS) is 15.0. The standard InChI is InChI=1S/C18H17N3O3S/c1-18(9-10-18)17(22)20-14-3-2-4-15(11-14)21-25(23,24)16-7-5-13(12-19)6-8-16/h2-8,11,21H,9-10H2,1H3,(H,20,22). The lowest BCUT2D eigenvalue weighted by molar-refractivity contribution is -0.120. The van der Waals surface area contributed by atoms with Crippen molar-refractivity contribution in [3.63, 3.8) is 0 Å². The van der Waals surface area contributed by atoms with Crippen LogP contribution in [0.25, 0.3) is 0 Å². The van der Waals surface area contributed by atoms with Crippen LogP contribution in [0.15, 0.2) is 53.4 Å². The highest BCUT2D eigenvalue weighted by Crippen LogP contribution is 2.45. The maximum atomic E-state index is 12.4. The smallest absolute Gasteiger partial charge is 0.261 e. The second-order valence-corrected chi connectivity index (χ2v) is 8.02. The summed E-state index contributed by atoms with van der Waals surface area (Å²) in [6.07, 6.45) is 1.73. The SMILES string of the molecule is CC1(C(=O)Nc2cccc(NS(=O)(=O)c3ccc(C#N)cc3)c2)CC1.